The first-order chi connectivity index (χ1) is 54.3. The fourth-order valence-corrected chi connectivity index (χ4v) is 15.0. The van der Waals surface area contributed by atoms with Crippen molar-refractivity contribution < 1.29 is 62.3 Å². The predicted molar refractivity (Wildman–Crippen MR) is 440 cm³/mol. The van der Waals surface area contributed by atoms with Crippen LogP contribution < -0.4 is 88.0 Å². The number of primary amides is 1. The van der Waals surface area contributed by atoms with E-state index in [0.29, 0.717) is 44.1 Å². The Morgan fingerprint density at radius 2 is 0.774 bits per heavy atom. The lowest BCUT2D eigenvalue weighted by atomic mass is 9.97. The molecule has 115 heavy (non-hydrogen) atoms. The Morgan fingerprint density at radius 1 is 0.435 bits per heavy atom. The molecule has 3 aliphatic rings. The van der Waals surface area contributed by atoms with Gasteiger partial charge in [0.1, 0.15) is 72.5 Å². The Hall–Kier alpha value is -9.67. The molecule has 2 aromatic rings. The number of aromatic amines is 1. The van der Waals surface area contributed by atoms with E-state index in [1.807, 2.05) is 107 Å². The van der Waals surface area contributed by atoms with E-state index in [0.717, 1.165) is 10.9 Å². The van der Waals surface area contributed by atoms with Crippen molar-refractivity contribution in [1.82, 2.24) is 67.5 Å². The summed E-state index contributed by atoms with van der Waals surface area (Å²) in [5.41, 5.74) is 41.4. The number of benzene rings is 1. The van der Waals surface area contributed by atoms with Gasteiger partial charge in [-0.15, -0.1) is 0 Å². The van der Waals surface area contributed by atoms with Gasteiger partial charge in [0.15, 0.2) is 11.9 Å². The molecule has 35 heteroatoms. The molecule has 1 aromatic heterocycles. The number of nitrogens with two attached hydrogens (primary N) is 7. The van der Waals surface area contributed by atoms with Gasteiger partial charge in [-0.3, -0.25) is 72.3 Å². The zero-order chi connectivity index (χ0) is 85.5. The summed E-state index contributed by atoms with van der Waals surface area (Å²) in [6.45, 7) is 23.5. The molecule has 14 atom stereocenters. The average Bonchev–Trinajstić information content (AvgIpc) is 1.72. The van der Waals surface area contributed by atoms with Gasteiger partial charge in [-0.1, -0.05) is 108 Å². The van der Waals surface area contributed by atoms with Gasteiger partial charge in [0.25, 0.3) is 0 Å². The van der Waals surface area contributed by atoms with Crippen LogP contribution in [0.2, 0.25) is 0 Å². The van der Waals surface area contributed by atoms with Crippen molar-refractivity contribution in [3.63, 3.8) is 0 Å². The van der Waals surface area contributed by atoms with E-state index in [-0.39, 0.29) is 177 Å². The zero-order valence-electron chi connectivity index (χ0n) is 69.8. The highest BCUT2D eigenvalue weighted by Gasteiger charge is 2.45. The third kappa shape index (κ3) is 30.5. The highest BCUT2D eigenvalue weighted by Crippen LogP contribution is 2.27. The lowest BCUT2D eigenvalue weighted by molar-refractivity contribution is -0.144. The van der Waals surface area contributed by atoms with Crippen LogP contribution in [-0.4, -0.2) is 226 Å². The van der Waals surface area contributed by atoms with E-state index < -0.39 is 155 Å². The number of aliphatic imine (C=N–C) groups is 2. The molecule has 1 aromatic carbocycles. The van der Waals surface area contributed by atoms with Crippen LogP contribution in [0.15, 0.2) is 40.4 Å². The number of carbonyl (C=O) groups is 13. The van der Waals surface area contributed by atoms with Crippen molar-refractivity contribution in [3.05, 3.63) is 36.0 Å². The second-order valence-electron chi connectivity index (χ2n) is 33.3. The molecule has 3 saturated heterocycles. The van der Waals surface area contributed by atoms with Crippen molar-refractivity contribution in [3.8, 4) is 0 Å². The van der Waals surface area contributed by atoms with Gasteiger partial charge in [0.05, 0.1) is 6.04 Å². The van der Waals surface area contributed by atoms with Crippen LogP contribution in [-0.2, 0) is 68.7 Å². The summed E-state index contributed by atoms with van der Waals surface area (Å²) < 4.78 is 0. The van der Waals surface area contributed by atoms with Gasteiger partial charge < -0.3 is 108 Å². The van der Waals surface area contributed by atoms with Crippen molar-refractivity contribution in [1.29, 1.82) is 0 Å². The first-order valence-electron chi connectivity index (χ1n) is 41.4. The number of guanidine groups is 2. The van der Waals surface area contributed by atoms with Crippen LogP contribution in [0.3, 0.4) is 0 Å². The molecule has 3 aliphatic heterocycles. The van der Waals surface area contributed by atoms with Gasteiger partial charge in [-0.2, -0.15) is 0 Å². The lowest BCUT2D eigenvalue weighted by Crippen LogP contribution is -2.61. The summed E-state index contributed by atoms with van der Waals surface area (Å²) >= 11 is 0. The van der Waals surface area contributed by atoms with Crippen LogP contribution in [0.4, 0.5) is 0 Å². The molecule has 0 bridgehead atoms. The number of para-hydroxylation sites is 1. The number of unbranched alkanes of at least 4 members (excludes halogenated alkanes) is 1. The number of fused-ring (bicyclic) bond motifs is 1. The minimum absolute atomic E-state index is 0.00622. The summed E-state index contributed by atoms with van der Waals surface area (Å²) in [6.07, 6.45) is 6.56. The van der Waals surface area contributed by atoms with Crippen molar-refractivity contribution >= 4 is 99.6 Å². The minimum Gasteiger partial charge on any atom is -0.370 e. The summed E-state index contributed by atoms with van der Waals surface area (Å²) in [5, 5.41) is 26.5. The molecule has 13 amide bonds. The normalized spacial score (nSPS) is 18.4. The Kier molecular flexibility index (Phi) is 39.5. The molecule has 644 valence electrons. The molecule has 24 N–H and O–H groups in total. The second kappa shape index (κ2) is 47.4. The Labute approximate surface area is 677 Å². The molecule has 3 fully saturated rings. The van der Waals surface area contributed by atoms with Crippen LogP contribution in [0.25, 0.3) is 10.9 Å². The van der Waals surface area contributed by atoms with Gasteiger partial charge in [-0.05, 0) is 169 Å². The Morgan fingerprint density at radius 3 is 1.16 bits per heavy atom. The fraction of sp³-hybridized carbons (Fsp3) is 0.713. The van der Waals surface area contributed by atoms with E-state index in [1.165, 1.54) is 14.7 Å². The Bertz CT molecular complexity index is 3650. The number of nitrogens with one attached hydrogen (secondary N) is 10. The minimum atomic E-state index is -1.30. The van der Waals surface area contributed by atoms with Gasteiger partial charge >= 0.3 is 0 Å². The summed E-state index contributed by atoms with van der Waals surface area (Å²) in [6, 6.07) is -7.39. The van der Waals surface area contributed by atoms with Gasteiger partial charge in [0.2, 0.25) is 76.8 Å². The molecule has 5 rings (SSSR count). The number of H-pyrrole nitrogens is 1. The number of amides is 13. The van der Waals surface area contributed by atoms with E-state index in [4.69, 9.17) is 40.1 Å². The maximum absolute atomic E-state index is 15.2. The third-order valence-electron chi connectivity index (χ3n) is 21.2. The average molecular weight is 1610 g/mol. The smallest absolute Gasteiger partial charge is 0.245 e. The summed E-state index contributed by atoms with van der Waals surface area (Å²) in [4.78, 5) is 203. The first-order valence-corrected chi connectivity index (χ1v) is 41.4. The molecule has 0 saturated carbocycles. The number of likely N-dealkylation sites (tertiary alicyclic amines) is 3. The molecular formula is C80H136N22O13. The third-order valence-corrected chi connectivity index (χ3v) is 21.2. The monoisotopic (exact) mass is 1610 g/mol. The zero-order valence-corrected chi connectivity index (χ0v) is 69.8. The predicted octanol–water partition coefficient (Wildman–Crippen LogP) is 0.372. The number of rotatable bonds is 48. The molecule has 0 unspecified atom stereocenters. The second-order valence-corrected chi connectivity index (χ2v) is 33.3. The number of aromatic nitrogens is 1. The highest BCUT2D eigenvalue weighted by molar-refractivity contribution is 6.01. The fourth-order valence-electron chi connectivity index (χ4n) is 15.0. The molecule has 0 radical (unpaired) electrons. The molecule has 0 spiro atoms. The number of carbonyl (C=O) groups excluding carboxylic acids is 13. The van der Waals surface area contributed by atoms with E-state index in [2.05, 4.69) is 62.8 Å². The van der Waals surface area contributed by atoms with E-state index in [9.17, 15) is 52.7 Å². The maximum atomic E-state index is 15.2. The molecule has 0 aliphatic carbocycles. The van der Waals surface area contributed by atoms with Gasteiger partial charge in [0, 0.05) is 56.2 Å². The SMILES string of the molecule is CC[C@H](C)[C@H](N)C(=O)N[C@@H](CC(C)C)C(=O)N1CCC[C@H]1C(=O)N[C@@H](Cc1c[nH]c2ccccc12)C(=O)N[C@@H](CCCCN)C(=O)N[C@@H](CC(C)C)C(=O)N1CCC[C@H]1C(=O)N[C@@H](CC(C)C)C(=O)N[C@@H](CC(C)C)C(=O)N1CCC[C@H]1C(=O)N[C@@H](CC(C)C)C(=O)N[C@@H](CCCN=C(N)N)C(=O)N[C@@H](CCCN=C(N)N)C(N)=O. The van der Waals surface area contributed by atoms with Gasteiger partial charge in [-0.25, -0.2) is 0 Å². The number of nitrogens with zero attached hydrogens (tertiary/aromatic N) is 5. The Balaban J connectivity index is 1.35. The summed E-state index contributed by atoms with van der Waals surface area (Å²) in [7, 11) is 0. The largest absolute Gasteiger partial charge is 0.370 e. The van der Waals surface area contributed by atoms with Crippen LogP contribution >= 0.6 is 0 Å². The highest BCUT2D eigenvalue weighted by atomic mass is 16.2. The maximum Gasteiger partial charge on any atom is 0.245 e. The lowest BCUT2D eigenvalue weighted by Gasteiger charge is -2.33. The number of hydrogen-bond acceptors (Lipinski definition) is 17. The van der Waals surface area contributed by atoms with E-state index in [1.54, 1.807) is 6.20 Å². The number of hydrogen-bond donors (Lipinski definition) is 17. The quantitative estimate of drug-likeness (QED) is 0.0242. The topological polar surface area (TPSA) is 563 Å². The van der Waals surface area contributed by atoms with Crippen molar-refractivity contribution in [2.45, 2.75) is 290 Å². The van der Waals surface area contributed by atoms with E-state index >= 15 is 9.59 Å². The van der Waals surface area contributed by atoms with Crippen LogP contribution in [0.5, 0.6) is 0 Å². The molecule has 35 nitrogen and oxygen atoms in total. The molecule has 4 heterocycles. The van der Waals surface area contributed by atoms with Crippen molar-refractivity contribution in [2.75, 3.05) is 39.3 Å². The first kappa shape index (κ1) is 95.9. The van der Waals surface area contributed by atoms with Crippen LogP contribution in [0, 0.1) is 35.5 Å². The van der Waals surface area contributed by atoms with Crippen LogP contribution in [0.1, 0.15) is 211 Å². The standard InChI is InChI=1S/C80H136N22O13/c1-13-49(12)65(82)75(112)99-61(41-48(10)11)78(115)102-36-22-30-64(102)74(111)96-58(42-50-43-90-52-24-15-14-23-51(50)52)71(108)92-54(25-16-17-31-81)68(105)97-59(39-46(6)7)76(113)100-34-20-29-63(100)73(110)95-57(38-45(4)5)70(107)98-60(40-47(8)9)77(114)101-35-21-28-62(101)72(109)94-56(37-44(2)3)69(106)93-55(27-19-33-89-80(86)87)67(104)91-53(66(83)103)26-18-32-88-79(84)85/h14-15,23-24,43-49,53-65,90H,13,16-22,25-42,81-82H2,1-12H3,(H2,83,103)(H,91,104)(H,92,108)(H,93,106)(H,94,109)(H,95,110)(H,96,111)(H,97,105)(H,98,107)(H,99,112)(H4,84,85,88)(H4,86,87,89)/t49-,53-,54-,55-,56-,57-,58-,59-,60-,61-,62-,63-,64-,65-/m0/s1. The molecular weight excluding hydrogens is 1480 g/mol. The summed E-state index contributed by atoms with van der Waals surface area (Å²) in [5.74, 6) is -9.57. The van der Waals surface area contributed by atoms with Crippen molar-refractivity contribution in [2.24, 2.45) is 85.6 Å².